The van der Waals surface area contributed by atoms with Crippen molar-refractivity contribution < 1.29 is 38.4 Å². The van der Waals surface area contributed by atoms with Gasteiger partial charge >= 0.3 is 17.9 Å². The van der Waals surface area contributed by atoms with Crippen LogP contribution in [0.3, 0.4) is 0 Å². The average molecular weight is 400 g/mol. The zero-order valence-electron chi connectivity index (χ0n) is 17.5. The molecule has 0 spiro atoms. The maximum atomic E-state index is 12.4. The first-order valence-corrected chi connectivity index (χ1v) is 9.07. The molecule has 0 bridgehead atoms. The monoisotopic (exact) mass is 400 g/mol. The van der Waals surface area contributed by atoms with Crippen molar-refractivity contribution in [2.24, 2.45) is 5.41 Å². The van der Waals surface area contributed by atoms with Gasteiger partial charge in [-0.05, 0) is 27.2 Å². The van der Waals surface area contributed by atoms with Gasteiger partial charge in [-0.2, -0.15) is 0 Å². The Morgan fingerprint density at radius 3 is 2.25 bits per heavy atom. The van der Waals surface area contributed by atoms with Gasteiger partial charge in [-0.3, -0.25) is 4.79 Å². The zero-order valence-corrected chi connectivity index (χ0v) is 17.5. The summed E-state index contributed by atoms with van der Waals surface area (Å²) < 4.78 is 15.1. The van der Waals surface area contributed by atoms with E-state index in [1.54, 1.807) is 6.92 Å². The van der Waals surface area contributed by atoms with Gasteiger partial charge in [0.05, 0.1) is 13.7 Å². The molecule has 8 heteroatoms. The van der Waals surface area contributed by atoms with Crippen LogP contribution in [0.1, 0.15) is 47.0 Å². The molecule has 0 aliphatic carbocycles. The Hall–Kier alpha value is -2.19. The van der Waals surface area contributed by atoms with Gasteiger partial charge in [0.25, 0.3) is 0 Å². The summed E-state index contributed by atoms with van der Waals surface area (Å²) in [6.45, 7) is 13.8. The summed E-state index contributed by atoms with van der Waals surface area (Å²) in [6, 6.07) is 0. The van der Waals surface area contributed by atoms with Crippen LogP contribution in [0.25, 0.3) is 0 Å². The summed E-state index contributed by atoms with van der Waals surface area (Å²) in [4.78, 5) is 46.7. The van der Waals surface area contributed by atoms with Crippen LogP contribution >= 0.6 is 0 Å². The molecule has 8 nitrogen and oxygen atoms in total. The highest BCUT2D eigenvalue weighted by molar-refractivity contribution is 5.87. The molecule has 0 N–H and O–H groups in total. The number of carbonyl (C=O) groups excluding carboxylic acids is 3. The second-order valence-electron chi connectivity index (χ2n) is 6.94. The van der Waals surface area contributed by atoms with Crippen LogP contribution in [-0.2, 0) is 38.4 Å². The molecule has 0 heterocycles. The number of rotatable bonds is 14. The second kappa shape index (κ2) is 13.1. The van der Waals surface area contributed by atoms with Crippen LogP contribution in [0.2, 0.25) is 0 Å². The Morgan fingerprint density at radius 2 is 1.75 bits per heavy atom. The molecule has 160 valence electrons. The van der Waals surface area contributed by atoms with Crippen LogP contribution in [-0.4, -0.2) is 50.9 Å². The smallest absolute Gasteiger partial charge is 0.338 e. The van der Waals surface area contributed by atoms with Gasteiger partial charge in [-0.1, -0.05) is 32.1 Å². The van der Waals surface area contributed by atoms with Gasteiger partial charge in [0.15, 0.2) is 6.10 Å². The summed E-state index contributed by atoms with van der Waals surface area (Å²) in [5.74, 6) is -2.01. The van der Waals surface area contributed by atoms with Gasteiger partial charge in [-0.15, -0.1) is 0 Å². The Labute approximate surface area is 166 Å². The van der Waals surface area contributed by atoms with E-state index in [2.05, 4.69) is 13.2 Å². The van der Waals surface area contributed by atoms with Crippen LogP contribution < -0.4 is 0 Å². The van der Waals surface area contributed by atoms with E-state index in [1.807, 2.05) is 6.92 Å². The van der Waals surface area contributed by atoms with Gasteiger partial charge in [0, 0.05) is 12.0 Å². The fraction of sp³-hybridized carbons (Fsp3) is 0.650. The number of hydrogen-bond acceptors (Lipinski definition) is 8. The van der Waals surface area contributed by atoms with Crippen molar-refractivity contribution in [1.82, 2.24) is 0 Å². The van der Waals surface area contributed by atoms with Crippen molar-refractivity contribution >= 4 is 17.9 Å². The molecule has 0 saturated carbocycles. The first-order valence-electron chi connectivity index (χ1n) is 9.07. The van der Waals surface area contributed by atoms with E-state index in [-0.39, 0.29) is 31.8 Å². The first kappa shape index (κ1) is 25.8. The Bertz CT molecular complexity index is 569. The molecule has 2 atom stereocenters. The summed E-state index contributed by atoms with van der Waals surface area (Å²) in [7, 11) is 1.20. The molecule has 0 aliphatic rings. The van der Waals surface area contributed by atoms with Crippen LogP contribution in [0.5, 0.6) is 0 Å². The lowest BCUT2D eigenvalue weighted by atomic mass is 9.85. The van der Waals surface area contributed by atoms with Crippen molar-refractivity contribution in [2.75, 3.05) is 26.9 Å². The zero-order chi connectivity index (χ0) is 21.7. The molecule has 0 aliphatic heterocycles. The highest BCUT2D eigenvalue weighted by Gasteiger charge is 2.42. The predicted molar refractivity (Wildman–Crippen MR) is 102 cm³/mol. The molecule has 0 fully saturated rings. The lowest BCUT2D eigenvalue weighted by molar-refractivity contribution is -0.319. The number of hydrogen-bond donors (Lipinski definition) is 0. The Balaban J connectivity index is 5.31. The molecule has 0 amide bonds. The molecule has 0 aromatic carbocycles. The average Bonchev–Trinajstić information content (AvgIpc) is 2.64. The topological polar surface area (TPSA) is 97.4 Å². The quantitative estimate of drug-likeness (QED) is 0.0835. The van der Waals surface area contributed by atoms with Gasteiger partial charge < -0.3 is 14.2 Å². The predicted octanol–water partition coefficient (Wildman–Crippen LogP) is 2.91. The molecular formula is C20H32O8. The number of carbonyl (C=O) groups is 3. The maximum absolute atomic E-state index is 12.4. The summed E-state index contributed by atoms with van der Waals surface area (Å²) in [5, 5.41) is 0. The lowest BCUT2D eigenvalue weighted by Gasteiger charge is -2.29. The molecular weight excluding hydrogens is 368 g/mol. The third kappa shape index (κ3) is 9.66. The number of unbranched alkanes of at least 4 members (excludes halogenated alkanes) is 1. The summed E-state index contributed by atoms with van der Waals surface area (Å²) >= 11 is 0. The first-order chi connectivity index (χ1) is 13.1. The van der Waals surface area contributed by atoms with Crippen molar-refractivity contribution in [3.8, 4) is 0 Å². The second-order valence-corrected chi connectivity index (χ2v) is 6.94. The largest absolute Gasteiger partial charge is 0.468 e. The third-order valence-corrected chi connectivity index (χ3v) is 3.68. The van der Waals surface area contributed by atoms with Crippen LogP contribution in [0.15, 0.2) is 24.3 Å². The highest BCUT2D eigenvalue weighted by Crippen LogP contribution is 2.28. The SMILES string of the molecule is C=C(C)COOC(CC(C)(COC(=O)C(=C)C)C(=O)OC)C(=O)OCCCC. The van der Waals surface area contributed by atoms with Gasteiger partial charge in [0.1, 0.15) is 18.6 Å². The molecule has 2 unspecified atom stereocenters. The normalized spacial score (nSPS) is 13.8. The minimum atomic E-state index is -1.36. The van der Waals surface area contributed by atoms with Crippen molar-refractivity contribution in [3.63, 3.8) is 0 Å². The highest BCUT2D eigenvalue weighted by atomic mass is 17.2. The van der Waals surface area contributed by atoms with Crippen molar-refractivity contribution in [3.05, 3.63) is 24.3 Å². The Kier molecular flexibility index (Phi) is 12.0. The fourth-order valence-corrected chi connectivity index (χ4v) is 1.99. The van der Waals surface area contributed by atoms with Crippen LogP contribution in [0, 0.1) is 5.41 Å². The standard InChI is InChI=1S/C20H32O8/c1-8-9-10-25-18(22)16(28-27-12-14(2)3)11-20(6,19(23)24-7)13-26-17(21)15(4)5/h16H,2,4,8-13H2,1,3,5-7H3. The Morgan fingerprint density at radius 1 is 1.11 bits per heavy atom. The van der Waals surface area contributed by atoms with E-state index < -0.39 is 29.4 Å². The molecule has 0 saturated heterocycles. The maximum Gasteiger partial charge on any atom is 0.338 e. The van der Waals surface area contributed by atoms with E-state index in [4.69, 9.17) is 24.0 Å². The molecule has 0 radical (unpaired) electrons. The fourth-order valence-electron chi connectivity index (χ4n) is 1.99. The lowest BCUT2D eigenvalue weighted by Crippen LogP contribution is -2.42. The molecule has 0 rings (SSSR count). The van der Waals surface area contributed by atoms with E-state index >= 15 is 0 Å². The summed E-state index contributed by atoms with van der Waals surface area (Å²) in [6.07, 6.45) is 0.144. The molecule has 0 aromatic heterocycles. The van der Waals surface area contributed by atoms with Crippen molar-refractivity contribution in [1.29, 1.82) is 0 Å². The third-order valence-electron chi connectivity index (χ3n) is 3.68. The molecule has 28 heavy (non-hydrogen) atoms. The number of ether oxygens (including phenoxy) is 3. The van der Waals surface area contributed by atoms with Gasteiger partial charge in [0.2, 0.25) is 0 Å². The van der Waals surface area contributed by atoms with E-state index in [9.17, 15) is 14.4 Å². The van der Waals surface area contributed by atoms with E-state index in [1.165, 1.54) is 21.0 Å². The minimum absolute atomic E-state index is 0.0678. The van der Waals surface area contributed by atoms with E-state index in [0.29, 0.717) is 12.0 Å². The number of esters is 3. The van der Waals surface area contributed by atoms with Gasteiger partial charge in [-0.25, -0.2) is 19.4 Å². The van der Waals surface area contributed by atoms with Crippen LogP contribution in [0.4, 0.5) is 0 Å². The molecule has 0 aromatic rings. The summed E-state index contributed by atoms with van der Waals surface area (Å²) in [5.41, 5.74) is -0.492. The van der Waals surface area contributed by atoms with E-state index in [0.717, 1.165) is 6.42 Å². The minimum Gasteiger partial charge on any atom is -0.468 e. The number of methoxy groups -OCH3 is 1. The van der Waals surface area contributed by atoms with Crippen molar-refractivity contribution in [2.45, 2.75) is 53.1 Å².